The molecule has 0 radical (unpaired) electrons. The molecule has 1 aromatic carbocycles. The second-order valence-corrected chi connectivity index (χ2v) is 6.66. The van der Waals surface area contributed by atoms with Crippen LogP contribution < -0.4 is 4.72 Å². The van der Waals surface area contributed by atoms with Crippen LogP contribution in [-0.2, 0) is 10.0 Å². The van der Waals surface area contributed by atoms with Crippen LogP contribution in [0.25, 0.3) is 0 Å². The lowest BCUT2D eigenvalue weighted by Gasteiger charge is -2.14. The van der Waals surface area contributed by atoms with Crippen LogP contribution in [0.5, 0.6) is 0 Å². The predicted molar refractivity (Wildman–Crippen MR) is 79.2 cm³/mol. The molecule has 0 aliphatic rings. The zero-order valence-corrected chi connectivity index (χ0v) is 12.7. The molecule has 2 rings (SSSR count). The number of nitrogens with one attached hydrogen (secondary N) is 1. The van der Waals surface area contributed by atoms with Gasteiger partial charge in [0, 0.05) is 23.5 Å². The van der Waals surface area contributed by atoms with Crippen molar-refractivity contribution in [1.82, 2.24) is 9.71 Å². The monoisotopic (exact) mass is 310 g/mol. The number of rotatable bonds is 4. The van der Waals surface area contributed by atoms with E-state index in [1.54, 1.807) is 43.6 Å². The van der Waals surface area contributed by atoms with Gasteiger partial charge in [-0.05, 0) is 49.2 Å². The normalized spacial score (nSPS) is 13.2. The summed E-state index contributed by atoms with van der Waals surface area (Å²) in [6, 6.07) is 7.89. The van der Waals surface area contributed by atoms with E-state index in [-0.39, 0.29) is 10.9 Å². The van der Waals surface area contributed by atoms with E-state index in [4.69, 9.17) is 11.6 Å². The topological polar surface area (TPSA) is 59.1 Å². The number of nitrogens with zero attached hydrogens (tertiary/aromatic N) is 1. The first-order chi connectivity index (χ1) is 9.40. The van der Waals surface area contributed by atoms with E-state index in [1.165, 1.54) is 6.07 Å². The molecular formula is C14H15ClN2O2S. The van der Waals surface area contributed by atoms with E-state index in [0.29, 0.717) is 5.02 Å². The fourth-order valence-electron chi connectivity index (χ4n) is 1.76. The SMILES string of the molecule is Cc1ccc(S(=O)(=O)NC(C)c2ccncc2)cc1Cl. The molecule has 1 aromatic heterocycles. The number of benzene rings is 1. The Balaban J connectivity index is 2.25. The molecule has 2 aromatic rings. The number of hydrogen-bond acceptors (Lipinski definition) is 3. The smallest absolute Gasteiger partial charge is 0.241 e. The maximum absolute atomic E-state index is 12.3. The standard InChI is InChI=1S/C14H15ClN2O2S/c1-10-3-4-13(9-14(10)15)20(18,19)17-11(2)12-5-7-16-8-6-12/h3-9,11,17H,1-2H3. The first kappa shape index (κ1) is 15.0. The highest BCUT2D eigenvalue weighted by atomic mass is 35.5. The number of halogens is 1. The van der Waals surface area contributed by atoms with E-state index >= 15 is 0 Å². The number of sulfonamides is 1. The van der Waals surface area contributed by atoms with E-state index in [9.17, 15) is 8.42 Å². The van der Waals surface area contributed by atoms with Gasteiger partial charge in [0.25, 0.3) is 0 Å². The third-order valence-corrected chi connectivity index (χ3v) is 4.94. The van der Waals surface area contributed by atoms with Gasteiger partial charge in [-0.3, -0.25) is 4.98 Å². The summed E-state index contributed by atoms with van der Waals surface area (Å²) < 4.78 is 27.2. The van der Waals surface area contributed by atoms with Crippen molar-refractivity contribution >= 4 is 21.6 Å². The Hall–Kier alpha value is -1.43. The molecule has 20 heavy (non-hydrogen) atoms. The Morgan fingerprint density at radius 1 is 1.20 bits per heavy atom. The molecule has 0 aliphatic heterocycles. The Bertz CT molecular complexity index is 702. The van der Waals surface area contributed by atoms with Gasteiger partial charge >= 0.3 is 0 Å². The minimum absolute atomic E-state index is 0.161. The second-order valence-electron chi connectivity index (χ2n) is 4.53. The highest BCUT2D eigenvalue weighted by Gasteiger charge is 2.18. The van der Waals surface area contributed by atoms with Crippen LogP contribution in [-0.4, -0.2) is 13.4 Å². The lowest BCUT2D eigenvalue weighted by molar-refractivity contribution is 0.567. The highest BCUT2D eigenvalue weighted by molar-refractivity contribution is 7.89. The zero-order valence-electron chi connectivity index (χ0n) is 11.2. The molecule has 0 fully saturated rings. The molecule has 1 atom stereocenters. The van der Waals surface area contributed by atoms with Crippen molar-refractivity contribution in [1.29, 1.82) is 0 Å². The zero-order chi connectivity index (χ0) is 14.8. The van der Waals surface area contributed by atoms with Gasteiger partial charge in [0.15, 0.2) is 0 Å². The van der Waals surface area contributed by atoms with Gasteiger partial charge in [-0.25, -0.2) is 13.1 Å². The first-order valence-electron chi connectivity index (χ1n) is 6.08. The van der Waals surface area contributed by atoms with Crippen molar-refractivity contribution in [3.05, 3.63) is 58.9 Å². The first-order valence-corrected chi connectivity index (χ1v) is 7.94. The minimum atomic E-state index is -3.60. The maximum Gasteiger partial charge on any atom is 0.241 e. The molecule has 1 N–H and O–H groups in total. The number of aromatic nitrogens is 1. The van der Waals surface area contributed by atoms with Crippen molar-refractivity contribution in [2.75, 3.05) is 0 Å². The largest absolute Gasteiger partial charge is 0.265 e. The predicted octanol–water partition coefficient (Wildman–Crippen LogP) is 3.08. The molecule has 0 saturated carbocycles. The van der Waals surface area contributed by atoms with Crippen LogP contribution >= 0.6 is 11.6 Å². The second kappa shape index (κ2) is 5.91. The summed E-state index contributed by atoms with van der Waals surface area (Å²) in [5.74, 6) is 0. The Labute approximate surface area is 123 Å². The lowest BCUT2D eigenvalue weighted by atomic mass is 10.1. The molecule has 106 valence electrons. The van der Waals surface area contributed by atoms with E-state index in [2.05, 4.69) is 9.71 Å². The number of pyridine rings is 1. The summed E-state index contributed by atoms with van der Waals surface area (Å²) in [7, 11) is -3.60. The Morgan fingerprint density at radius 2 is 1.85 bits per heavy atom. The van der Waals surface area contributed by atoms with Gasteiger partial charge in [-0.15, -0.1) is 0 Å². The van der Waals surface area contributed by atoms with Gasteiger partial charge in [-0.2, -0.15) is 0 Å². The van der Waals surface area contributed by atoms with Gasteiger partial charge in [0.2, 0.25) is 10.0 Å². The summed E-state index contributed by atoms with van der Waals surface area (Å²) in [4.78, 5) is 4.07. The van der Waals surface area contributed by atoms with E-state index in [0.717, 1.165) is 11.1 Å². The highest BCUT2D eigenvalue weighted by Crippen LogP contribution is 2.21. The van der Waals surface area contributed by atoms with Gasteiger partial charge < -0.3 is 0 Å². The molecule has 0 bridgehead atoms. The third-order valence-electron chi connectivity index (χ3n) is 2.99. The number of aryl methyl sites for hydroxylation is 1. The van der Waals surface area contributed by atoms with Gasteiger partial charge in [-0.1, -0.05) is 17.7 Å². The molecule has 0 spiro atoms. The molecule has 0 aliphatic carbocycles. The third kappa shape index (κ3) is 3.36. The Morgan fingerprint density at radius 3 is 2.45 bits per heavy atom. The van der Waals surface area contributed by atoms with Crippen LogP contribution in [0.3, 0.4) is 0 Å². The van der Waals surface area contributed by atoms with Gasteiger partial charge in [0.05, 0.1) is 4.90 Å². The van der Waals surface area contributed by atoms with Crippen molar-refractivity contribution < 1.29 is 8.42 Å². The minimum Gasteiger partial charge on any atom is -0.265 e. The average molecular weight is 311 g/mol. The van der Waals surface area contributed by atoms with Crippen LogP contribution in [0.4, 0.5) is 0 Å². The van der Waals surface area contributed by atoms with E-state index < -0.39 is 10.0 Å². The summed E-state index contributed by atoms with van der Waals surface area (Å²) >= 11 is 5.97. The maximum atomic E-state index is 12.3. The average Bonchev–Trinajstić information content (AvgIpc) is 2.42. The molecule has 1 unspecified atom stereocenters. The van der Waals surface area contributed by atoms with E-state index in [1.807, 2.05) is 6.92 Å². The molecule has 1 heterocycles. The summed E-state index contributed by atoms with van der Waals surface area (Å²) in [6.07, 6.45) is 3.26. The quantitative estimate of drug-likeness (QED) is 0.944. The van der Waals surface area contributed by atoms with Gasteiger partial charge in [0.1, 0.15) is 0 Å². The molecule has 6 heteroatoms. The molecule has 0 saturated heterocycles. The molecular weight excluding hydrogens is 296 g/mol. The van der Waals surface area contributed by atoms with Crippen LogP contribution in [0.1, 0.15) is 24.1 Å². The van der Waals surface area contributed by atoms with Crippen molar-refractivity contribution in [3.8, 4) is 0 Å². The van der Waals surface area contributed by atoms with Crippen molar-refractivity contribution in [2.24, 2.45) is 0 Å². The van der Waals surface area contributed by atoms with Crippen molar-refractivity contribution in [3.63, 3.8) is 0 Å². The lowest BCUT2D eigenvalue weighted by Crippen LogP contribution is -2.26. The molecule has 4 nitrogen and oxygen atoms in total. The fourth-order valence-corrected chi connectivity index (χ4v) is 3.26. The summed E-state index contributed by atoms with van der Waals surface area (Å²) in [5, 5.41) is 0.435. The molecule has 0 amide bonds. The van der Waals surface area contributed by atoms with Crippen LogP contribution in [0, 0.1) is 6.92 Å². The van der Waals surface area contributed by atoms with Crippen LogP contribution in [0.2, 0.25) is 5.02 Å². The summed E-state index contributed by atoms with van der Waals surface area (Å²) in [6.45, 7) is 3.61. The number of hydrogen-bond donors (Lipinski definition) is 1. The van der Waals surface area contributed by atoms with Crippen LogP contribution in [0.15, 0.2) is 47.6 Å². The fraction of sp³-hybridized carbons (Fsp3) is 0.214. The Kier molecular flexibility index (Phi) is 4.42. The summed E-state index contributed by atoms with van der Waals surface area (Å²) in [5.41, 5.74) is 1.69. The van der Waals surface area contributed by atoms with Crippen molar-refractivity contribution in [2.45, 2.75) is 24.8 Å².